The van der Waals surface area contributed by atoms with Crippen LogP contribution in [0, 0.1) is 6.92 Å². The van der Waals surface area contributed by atoms with E-state index in [1.807, 2.05) is 0 Å². The molecule has 2 heterocycles. The lowest BCUT2D eigenvalue weighted by molar-refractivity contribution is 0.466. The molecule has 0 saturated heterocycles. The molecule has 9 heteroatoms. The third-order valence-electron chi connectivity index (χ3n) is 2.27. The Hall–Kier alpha value is -2.00. The standard InChI is InChI=1S/C10H13N5O3S/c1-7-9(5-8(18-7)6-11-2)19(16,17)15-10-12-3-4-13-14-10/h3-5,11H,6H2,1-2H3,(H,12,14,15). The van der Waals surface area contributed by atoms with Gasteiger partial charge in [0.05, 0.1) is 18.9 Å². The maximum Gasteiger partial charge on any atom is 0.267 e. The molecule has 0 aliphatic heterocycles. The van der Waals surface area contributed by atoms with Crippen molar-refractivity contribution >= 4 is 16.0 Å². The number of nitrogens with one attached hydrogen (secondary N) is 2. The second-order valence-electron chi connectivity index (χ2n) is 3.74. The predicted octanol–water partition coefficient (Wildman–Crippen LogP) is 0.293. The van der Waals surface area contributed by atoms with Crippen LogP contribution in [0.1, 0.15) is 11.5 Å². The Morgan fingerprint density at radius 2 is 2.16 bits per heavy atom. The first-order valence-corrected chi connectivity index (χ1v) is 6.91. The van der Waals surface area contributed by atoms with Crippen molar-refractivity contribution in [2.45, 2.75) is 18.4 Å². The summed E-state index contributed by atoms with van der Waals surface area (Å²) in [6.45, 7) is 2.03. The summed E-state index contributed by atoms with van der Waals surface area (Å²) < 4.78 is 31.9. The number of nitrogens with zero attached hydrogens (tertiary/aromatic N) is 3. The first kappa shape index (κ1) is 13.4. The van der Waals surface area contributed by atoms with E-state index in [-0.39, 0.29) is 10.8 Å². The molecule has 0 saturated carbocycles. The number of sulfonamides is 1. The van der Waals surface area contributed by atoms with Crippen molar-refractivity contribution in [3.8, 4) is 0 Å². The molecule has 0 unspecified atom stereocenters. The number of furan rings is 1. The number of aryl methyl sites for hydroxylation is 1. The summed E-state index contributed by atoms with van der Waals surface area (Å²) in [6, 6.07) is 1.46. The van der Waals surface area contributed by atoms with Crippen LogP contribution in [-0.2, 0) is 16.6 Å². The molecule has 0 radical (unpaired) electrons. The molecule has 0 aromatic carbocycles. The number of rotatable bonds is 5. The van der Waals surface area contributed by atoms with Crippen LogP contribution in [0.15, 0.2) is 27.8 Å². The van der Waals surface area contributed by atoms with Crippen molar-refractivity contribution in [3.05, 3.63) is 30.0 Å². The molecule has 19 heavy (non-hydrogen) atoms. The fraction of sp³-hybridized carbons (Fsp3) is 0.300. The van der Waals surface area contributed by atoms with Gasteiger partial charge in [-0.3, -0.25) is 0 Å². The highest BCUT2D eigenvalue weighted by atomic mass is 32.2. The van der Waals surface area contributed by atoms with E-state index in [4.69, 9.17) is 4.42 Å². The predicted molar refractivity (Wildman–Crippen MR) is 66.8 cm³/mol. The topological polar surface area (TPSA) is 110 Å². The molecule has 8 nitrogen and oxygen atoms in total. The van der Waals surface area contributed by atoms with Gasteiger partial charge in [-0.2, -0.15) is 5.10 Å². The fourth-order valence-electron chi connectivity index (χ4n) is 1.52. The first-order chi connectivity index (χ1) is 9.03. The Labute approximate surface area is 110 Å². The third-order valence-corrected chi connectivity index (χ3v) is 3.71. The van der Waals surface area contributed by atoms with Gasteiger partial charge in [-0.15, -0.1) is 5.10 Å². The maximum absolute atomic E-state index is 12.1. The lowest BCUT2D eigenvalue weighted by atomic mass is 10.4. The summed E-state index contributed by atoms with van der Waals surface area (Å²) in [6.07, 6.45) is 2.70. The number of aromatic nitrogens is 3. The largest absolute Gasteiger partial charge is 0.464 e. The van der Waals surface area contributed by atoms with E-state index >= 15 is 0 Å². The number of hydrogen-bond donors (Lipinski definition) is 2. The summed E-state index contributed by atoms with van der Waals surface area (Å²) in [7, 11) is -2.03. The lowest BCUT2D eigenvalue weighted by Crippen LogP contribution is -2.15. The second kappa shape index (κ2) is 5.33. The summed E-state index contributed by atoms with van der Waals surface area (Å²) in [4.78, 5) is 3.82. The Morgan fingerprint density at radius 3 is 2.79 bits per heavy atom. The second-order valence-corrected chi connectivity index (χ2v) is 5.39. The van der Waals surface area contributed by atoms with Crippen molar-refractivity contribution in [1.82, 2.24) is 20.5 Å². The van der Waals surface area contributed by atoms with Crippen molar-refractivity contribution in [3.63, 3.8) is 0 Å². The van der Waals surface area contributed by atoms with Gasteiger partial charge in [0.2, 0.25) is 0 Å². The molecular formula is C10H13N5O3S. The van der Waals surface area contributed by atoms with Gasteiger partial charge in [-0.05, 0) is 14.0 Å². The van der Waals surface area contributed by atoms with Crippen LogP contribution >= 0.6 is 0 Å². The lowest BCUT2D eigenvalue weighted by Gasteiger charge is -2.03. The van der Waals surface area contributed by atoms with Gasteiger partial charge >= 0.3 is 0 Å². The zero-order chi connectivity index (χ0) is 13.9. The summed E-state index contributed by atoms with van der Waals surface area (Å²) >= 11 is 0. The van der Waals surface area contributed by atoms with E-state index in [9.17, 15) is 8.42 Å². The summed E-state index contributed by atoms with van der Waals surface area (Å²) in [5, 5.41) is 10.00. The Bertz CT molecular complexity index is 653. The molecule has 0 bridgehead atoms. The average molecular weight is 283 g/mol. The highest BCUT2D eigenvalue weighted by Crippen LogP contribution is 2.21. The molecule has 2 rings (SSSR count). The van der Waals surface area contributed by atoms with Crippen molar-refractivity contribution in [1.29, 1.82) is 0 Å². The van der Waals surface area contributed by atoms with Crippen LogP contribution < -0.4 is 10.0 Å². The van der Waals surface area contributed by atoms with Crippen LogP contribution in [0.4, 0.5) is 5.95 Å². The van der Waals surface area contributed by atoms with Crippen LogP contribution in [-0.4, -0.2) is 30.6 Å². The highest BCUT2D eigenvalue weighted by molar-refractivity contribution is 7.92. The smallest absolute Gasteiger partial charge is 0.267 e. The van der Waals surface area contributed by atoms with E-state index in [2.05, 4.69) is 25.2 Å². The number of anilines is 1. The van der Waals surface area contributed by atoms with Gasteiger partial charge in [0, 0.05) is 6.07 Å². The fourth-order valence-corrected chi connectivity index (χ4v) is 2.67. The molecule has 2 aromatic rings. The van der Waals surface area contributed by atoms with Crippen molar-refractivity contribution in [2.24, 2.45) is 0 Å². The molecule has 0 aliphatic carbocycles. The monoisotopic (exact) mass is 283 g/mol. The zero-order valence-electron chi connectivity index (χ0n) is 10.4. The Balaban J connectivity index is 2.29. The molecule has 0 fully saturated rings. The van der Waals surface area contributed by atoms with Crippen LogP contribution in [0.2, 0.25) is 0 Å². The van der Waals surface area contributed by atoms with Gasteiger partial charge in [0.25, 0.3) is 16.0 Å². The van der Waals surface area contributed by atoms with Gasteiger partial charge in [-0.25, -0.2) is 18.1 Å². The van der Waals surface area contributed by atoms with Crippen molar-refractivity contribution < 1.29 is 12.8 Å². The van der Waals surface area contributed by atoms with Gasteiger partial charge < -0.3 is 9.73 Å². The SMILES string of the molecule is CNCc1cc(S(=O)(=O)Nc2nccnn2)c(C)o1. The highest BCUT2D eigenvalue weighted by Gasteiger charge is 2.22. The van der Waals surface area contributed by atoms with Gasteiger partial charge in [-0.1, -0.05) is 0 Å². The molecule has 0 spiro atoms. The van der Waals surface area contributed by atoms with E-state index < -0.39 is 10.0 Å². The van der Waals surface area contributed by atoms with E-state index in [0.29, 0.717) is 18.1 Å². The normalized spacial score (nSPS) is 11.5. The Kier molecular flexibility index (Phi) is 3.76. The maximum atomic E-state index is 12.1. The van der Waals surface area contributed by atoms with Crippen LogP contribution in [0.5, 0.6) is 0 Å². The average Bonchev–Trinajstić information content (AvgIpc) is 2.72. The van der Waals surface area contributed by atoms with Gasteiger partial charge in [0.1, 0.15) is 16.4 Å². The van der Waals surface area contributed by atoms with Crippen LogP contribution in [0.25, 0.3) is 0 Å². The number of hydrogen-bond acceptors (Lipinski definition) is 7. The molecular weight excluding hydrogens is 270 g/mol. The quantitative estimate of drug-likeness (QED) is 0.811. The molecule has 0 amide bonds. The minimum atomic E-state index is -3.78. The van der Waals surface area contributed by atoms with E-state index in [1.165, 1.54) is 18.5 Å². The Morgan fingerprint density at radius 1 is 1.37 bits per heavy atom. The van der Waals surface area contributed by atoms with E-state index in [1.54, 1.807) is 14.0 Å². The van der Waals surface area contributed by atoms with Gasteiger partial charge in [0.15, 0.2) is 0 Å². The van der Waals surface area contributed by atoms with E-state index in [0.717, 1.165) is 0 Å². The van der Waals surface area contributed by atoms with Crippen LogP contribution in [0.3, 0.4) is 0 Å². The molecule has 2 aromatic heterocycles. The minimum Gasteiger partial charge on any atom is -0.464 e. The molecule has 0 atom stereocenters. The molecule has 102 valence electrons. The molecule has 2 N–H and O–H groups in total. The minimum absolute atomic E-state index is 0.0604. The van der Waals surface area contributed by atoms with Crippen molar-refractivity contribution in [2.75, 3.05) is 11.8 Å². The first-order valence-electron chi connectivity index (χ1n) is 5.43. The molecule has 0 aliphatic rings. The summed E-state index contributed by atoms with van der Waals surface area (Å²) in [5.41, 5.74) is 0. The zero-order valence-corrected chi connectivity index (χ0v) is 11.2. The summed E-state index contributed by atoms with van der Waals surface area (Å²) in [5.74, 6) is 0.757. The third kappa shape index (κ3) is 3.06.